The van der Waals surface area contributed by atoms with Crippen LogP contribution in [0.4, 0.5) is 5.69 Å². The number of rotatable bonds is 1. The smallest absolute Gasteiger partial charge is 0.219 e. The zero-order valence-electron chi connectivity index (χ0n) is 12.9. The van der Waals surface area contributed by atoms with Gasteiger partial charge in [-0.2, -0.15) is 0 Å². The molecule has 3 atom stereocenters. The first-order valence-corrected chi connectivity index (χ1v) is 7.53. The number of benzene rings is 1. The van der Waals surface area contributed by atoms with Gasteiger partial charge < -0.3 is 9.80 Å². The molecule has 1 saturated carbocycles. The third-order valence-electron chi connectivity index (χ3n) is 5.64. The first-order valence-electron chi connectivity index (χ1n) is 7.53. The predicted octanol–water partition coefficient (Wildman–Crippen LogP) is 2.79. The first-order chi connectivity index (χ1) is 9.48. The molecular formula is C17H24N2O. The van der Waals surface area contributed by atoms with Crippen molar-refractivity contribution < 1.29 is 4.79 Å². The summed E-state index contributed by atoms with van der Waals surface area (Å²) in [5.74, 6) is 0.170. The molecule has 1 aliphatic heterocycles. The van der Waals surface area contributed by atoms with Crippen molar-refractivity contribution in [2.45, 2.75) is 50.6 Å². The molecule has 3 rings (SSSR count). The standard InChI is InChI=1S/C17H24N2O/c1-12(20)18(3)15-10-7-11-16-17(15,2)13-8-5-6-9-14(13)19(16)4/h5-6,8-9,15-16H,7,10-11H2,1-4H3/t15-,16+,17-/m0/s1. The molecular weight excluding hydrogens is 248 g/mol. The molecule has 20 heavy (non-hydrogen) atoms. The van der Waals surface area contributed by atoms with Crippen molar-refractivity contribution in [2.24, 2.45) is 0 Å². The Labute approximate surface area is 121 Å². The second-order valence-corrected chi connectivity index (χ2v) is 6.50. The Hall–Kier alpha value is -1.51. The second kappa shape index (κ2) is 4.51. The molecule has 0 N–H and O–H groups in total. The summed E-state index contributed by atoms with van der Waals surface area (Å²) in [5, 5.41) is 0. The van der Waals surface area contributed by atoms with E-state index in [-0.39, 0.29) is 11.3 Å². The van der Waals surface area contributed by atoms with Crippen molar-refractivity contribution >= 4 is 11.6 Å². The number of carbonyl (C=O) groups is 1. The zero-order valence-corrected chi connectivity index (χ0v) is 12.9. The largest absolute Gasteiger partial charge is 0.370 e. The number of amides is 1. The van der Waals surface area contributed by atoms with Crippen molar-refractivity contribution in [1.29, 1.82) is 0 Å². The van der Waals surface area contributed by atoms with Crippen LogP contribution in [0.3, 0.4) is 0 Å². The highest BCUT2D eigenvalue weighted by Crippen LogP contribution is 2.52. The highest BCUT2D eigenvalue weighted by atomic mass is 16.2. The lowest BCUT2D eigenvalue weighted by Crippen LogP contribution is -2.58. The summed E-state index contributed by atoms with van der Waals surface area (Å²) in [6.07, 6.45) is 3.51. The Bertz CT molecular complexity index is 542. The maximum atomic E-state index is 11.9. The average Bonchev–Trinajstić information content (AvgIpc) is 2.67. The monoisotopic (exact) mass is 272 g/mol. The third kappa shape index (κ3) is 1.62. The molecule has 0 spiro atoms. The van der Waals surface area contributed by atoms with Gasteiger partial charge in [0.2, 0.25) is 5.91 Å². The average molecular weight is 272 g/mol. The Kier molecular flexibility index (Phi) is 3.03. The molecule has 2 aliphatic rings. The maximum absolute atomic E-state index is 11.9. The summed E-state index contributed by atoms with van der Waals surface area (Å²) >= 11 is 0. The van der Waals surface area contributed by atoms with Crippen molar-refractivity contribution in [3.05, 3.63) is 29.8 Å². The molecule has 1 aliphatic carbocycles. The van der Waals surface area contributed by atoms with E-state index < -0.39 is 0 Å². The van der Waals surface area contributed by atoms with E-state index in [1.54, 1.807) is 6.92 Å². The van der Waals surface area contributed by atoms with E-state index in [1.165, 1.54) is 24.1 Å². The lowest BCUT2D eigenvalue weighted by Gasteiger charge is -2.48. The van der Waals surface area contributed by atoms with Gasteiger partial charge in [-0.15, -0.1) is 0 Å². The van der Waals surface area contributed by atoms with Gasteiger partial charge in [0.15, 0.2) is 0 Å². The van der Waals surface area contributed by atoms with Crippen LogP contribution >= 0.6 is 0 Å². The van der Waals surface area contributed by atoms with Crippen LogP contribution < -0.4 is 4.90 Å². The van der Waals surface area contributed by atoms with Crippen LogP contribution in [0.5, 0.6) is 0 Å². The van der Waals surface area contributed by atoms with Gasteiger partial charge in [-0.3, -0.25) is 4.79 Å². The summed E-state index contributed by atoms with van der Waals surface area (Å²) in [6, 6.07) is 9.49. The van der Waals surface area contributed by atoms with Crippen molar-refractivity contribution in [3.8, 4) is 0 Å². The van der Waals surface area contributed by atoms with Crippen LogP contribution in [0, 0.1) is 0 Å². The van der Waals surface area contributed by atoms with E-state index in [0.29, 0.717) is 12.1 Å². The maximum Gasteiger partial charge on any atom is 0.219 e. The third-order valence-corrected chi connectivity index (χ3v) is 5.64. The SMILES string of the molecule is CC(=O)N(C)[C@H]1CCC[C@H]2N(C)c3ccccc3[C@@]12C. The molecule has 0 radical (unpaired) electrons. The number of nitrogens with zero attached hydrogens (tertiary/aromatic N) is 2. The quantitative estimate of drug-likeness (QED) is 0.785. The molecule has 0 bridgehead atoms. The van der Waals surface area contributed by atoms with E-state index in [2.05, 4.69) is 43.1 Å². The molecule has 1 heterocycles. The zero-order chi connectivity index (χ0) is 14.5. The number of fused-ring (bicyclic) bond motifs is 3. The number of hydrogen-bond donors (Lipinski definition) is 0. The molecule has 1 aromatic rings. The van der Waals surface area contributed by atoms with E-state index in [4.69, 9.17) is 0 Å². The molecule has 108 valence electrons. The Morgan fingerprint density at radius 2 is 2.05 bits per heavy atom. The minimum absolute atomic E-state index is 0.0456. The Morgan fingerprint density at radius 1 is 1.35 bits per heavy atom. The molecule has 0 aromatic heterocycles. The van der Waals surface area contributed by atoms with Crippen LogP contribution in [0.2, 0.25) is 0 Å². The van der Waals surface area contributed by atoms with Gasteiger partial charge in [-0.25, -0.2) is 0 Å². The van der Waals surface area contributed by atoms with E-state index >= 15 is 0 Å². The fourth-order valence-electron chi connectivity index (χ4n) is 4.50. The van der Waals surface area contributed by atoms with Gasteiger partial charge >= 0.3 is 0 Å². The van der Waals surface area contributed by atoms with Crippen molar-refractivity contribution in [2.75, 3.05) is 19.0 Å². The van der Waals surface area contributed by atoms with Gasteiger partial charge in [-0.1, -0.05) is 25.1 Å². The van der Waals surface area contributed by atoms with Gasteiger partial charge in [0.1, 0.15) is 0 Å². The molecule has 3 nitrogen and oxygen atoms in total. The summed E-state index contributed by atoms with van der Waals surface area (Å²) in [4.78, 5) is 16.3. The number of hydrogen-bond acceptors (Lipinski definition) is 2. The van der Waals surface area contributed by atoms with E-state index in [0.717, 1.165) is 6.42 Å². The number of para-hydroxylation sites is 1. The Balaban J connectivity index is 2.12. The van der Waals surface area contributed by atoms with Crippen LogP contribution in [0.15, 0.2) is 24.3 Å². The van der Waals surface area contributed by atoms with Gasteiger partial charge in [-0.05, 0) is 30.9 Å². The minimum atomic E-state index is 0.0456. The fraction of sp³-hybridized carbons (Fsp3) is 0.588. The van der Waals surface area contributed by atoms with Crippen LogP contribution in [-0.2, 0) is 10.2 Å². The number of anilines is 1. The van der Waals surface area contributed by atoms with Crippen molar-refractivity contribution in [3.63, 3.8) is 0 Å². The van der Waals surface area contributed by atoms with E-state index in [9.17, 15) is 4.79 Å². The normalized spacial score (nSPS) is 31.7. The lowest BCUT2D eigenvalue weighted by atomic mass is 9.65. The van der Waals surface area contributed by atoms with Crippen molar-refractivity contribution in [1.82, 2.24) is 4.90 Å². The predicted molar refractivity (Wildman–Crippen MR) is 82.1 cm³/mol. The summed E-state index contributed by atoms with van der Waals surface area (Å²) in [5.41, 5.74) is 2.79. The highest BCUT2D eigenvalue weighted by Gasteiger charge is 2.54. The molecule has 1 amide bonds. The topological polar surface area (TPSA) is 23.6 Å². The summed E-state index contributed by atoms with van der Waals surface area (Å²) < 4.78 is 0. The number of carbonyl (C=O) groups excluding carboxylic acids is 1. The number of likely N-dealkylation sites (N-methyl/N-ethyl adjacent to an activating group) is 2. The van der Waals surface area contributed by atoms with Crippen LogP contribution in [0.25, 0.3) is 0 Å². The molecule has 1 aromatic carbocycles. The lowest BCUT2D eigenvalue weighted by molar-refractivity contribution is -0.131. The summed E-state index contributed by atoms with van der Waals surface area (Å²) in [7, 11) is 4.16. The molecule has 0 unspecified atom stereocenters. The van der Waals surface area contributed by atoms with Gasteiger partial charge in [0.25, 0.3) is 0 Å². The van der Waals surface area contributed by atoms with Crippen LogP contribution in [0.1, 0.15) is 38.7 Å². The fourth-order valence-corrected chi connectivity index (χ4v) is 4.50. The summed E-state index contributed by atoms with van der Waals surface area (Å²) in [6.45, 7) is 4.03. The molecule has 3 heteroatoms. The minimum Gasteiger partial charge on any atom is -0.370 e. The second-order valence-electron chi connectivity index (χ2n) is 6.50. The van der Waals surface area contributed by atoms with E-state index in [1.807, 2.05) is 11.9 Å². The van der Waals surface area contributed by atoms with Gasteiger partial charge in [0.05, 0.1) is 0 Å². The Morgan fingerprint density at radius 3 is 2.75 bits per heavy atom. The highest BCUT2D eigenvalue weighted by molar-refractivity contribution is 5.74. The molecule has 1 fully saturated rings. The molecule has 0 saturated heterocycles. The van der Waals surface area contributed by atoms with Crippen LogP contribution in [-0.4, -0.2) is 37.0 Å². The van der Waals surface area contributed by atoms with Gasteiger partial charge in [0, 0.05) is 44.2 Å². The first kappa shape index (κ1) is 13.5.